The summed E-state index contributed by atoms with van der Waals surface area (Å²) >= 11 is 0. The average molecular weight is 709 g/mol. The maximum Gasteiger partial charge on any atom is 0.189 e. The Hall–Kier alpha value is -3.90. The van der Waals surface area contributed by atoms with Gasteiger partial charge in [-0.1, -0.05) is 66.2 Å². The molecule has 7 heteroatoms. The van der Waals surface area contributed by atoms with Crippen molar-refractivity contribution in [2.45, 2.75) is 23.6 Å². The molecule has 4 aromatic carbocycles. The molecule has 7 rings (SSSR count). The first-order chi connectivity index (χ1) is 18.3. The fraction of sp³-hybridized carbons (Fsp3) is 0.0625. The second-order valence-corrected chi connectivity index (χ2v) is 11.2. The van der Waals surface area contributed by atoms with Crippen LogP contribution in [-0.2, 0) is 34.7 Å². The summed E-state index contributed by atoms with van der Waals surface area (Å²) in [6, 6.07) is 30.4. The molecule has 0 saturated carbocycles. The van der Waals surface area contributed by atoms with E-state index in [-0.39, 0.29) is 31.6 Å². The van der Waals surface area contributed by atoms with Crippen LogP contribution in [0.1, 0.15) is 13.8 Å². The number of aliphatic hydroxyl groups excluding tert-OH is 1. The van der Waals surface area contributed by atoms with Gasteiger partial charge in [0.25, 0.3) is 0 Å². The third-order valence-electron chi connectivity index (χ3n) is 6.70. The van der Waals surface area contributed by atoms with Gasteiger partial charge in [0.1, 0.15) is 0 Å². The molecule has 5 nitrogen and oxygen atoms in total. The maximum atomic E-state index is 13.1. The van der Waals surface area contributed by atoms with Gasteiger partial charge in [-0.25, -0.2) is 8.42 Å². The van der Waals surface area contributed by atoms with Crippen LogP contribution in [0.15, 0.2) is 107 Å². The molecule has 2 aliphatic rings. The number of allylic oxidation sites excluding steroid dienone is 2. The van der Waals surface area contributed by atoms with Gasteiger partial charge in [0.05, 0.1) is 16.2 Å². The van der Waals surface area contributed by atoms with Crippen molar-refractivity contribution in [3.8, 4) is 44.6 Å². The first kappa shape index (κ1) is 26.7. The first-order valence-electron chi connectivity index (χ1n) is 12.1. The van der Waals surface area contributed by atoms with E-state index in [9.17, 15) is 13.2 Å². The summed E-state index contributed by atoms with van der Waals surface area (Å²) in [6.07, 6.45) is 1.17. The van der Waals surface area contributed by atoms with Gasteiger partial charge in [0.15, 0.2) is 15.6 Å². The Kier molecular flexibility index (Phi) is 6.85. The fourth-order valence-corrected chi connectivity index (χ4v) is 6.98. The van der Waals surface area contributed by atoms with Crippen LogP contribution in [0, 0.1) is 6.07 Å². The van der Waals surface area contributed by atoms with E-state index in [1.54, 1.807) is 24.3 Å². The Labute approximate surface area is 240 Å². The summed E-state index contributed by atoms with van der Waals surface area (Å²) in [6.45, 7) is 2.85. The van der Waals surface area contributed by atoms with Crippen LogP contribution in [0.4, 0.5) is 0 Å². The number of hydrogen-bond donors (Lipinski definition) is 1. The third kappa shape index (κ3) is 4.33. The number of carbonyl (C=O) groups excluding carboxylic acids is 1. The van der Waals surface area contributed by atoms with E-state index in [2.05, 4.69) is 36.4 Å². The van der Waals surface area contributed by atoms with Gasteiger partial charge in [-0.15, -0.1) is 23.8 Å². The van der Waals surface area contributed by atoms with Gasteiger partial charge in [-0.05, 0) is 64.4 Å². The molecule has 0 amide bonds. The number of rotatable bonds is 2. The number of fused-ring (bicyclic) bond motifs is 6. The smallest absolute Gasteiger partial charge is 0.189 e. The Morgan fingerprint density at radius 1 is 0.821 bits per heavy atom. The van der Waals surface area contributed by atoms with Crippen LogP contribution < -0.4 is 0 Å². The monoisotopic (exact) mass is 709 g/mol. The molecule has 1 aliphatic heterocycles. The average Bonchev–Trinajstić information content (AvgIpc) is 3.35. The van der Waals surface area contributed by atoms with Crippen LogP contribution in [0.25, 0.3) is 55.5 Å². The van der Waals surface area contributed by atoms with E-state index >= 15 is 0 Å². The number of sulfone groups is 1. The number of benzene rings is 4. The molecule has 0 fully saturated rings. The van der Waals surface area contributed by atoms with Crippen molar-refractivity contribution < 1.29 is 38.4 Å². The number of pyridine rings is 1. The molecule has 1 aromatic heterocycles. The summed E-state index contributed by atoms with van der Waals surface area (Å²) in [5, 5.41) is 9.51. The van der Waals surface area contributed by atoms with Crippen molar-refractivity contribution in [1.82, 2.24) is 4.98 Å². The summed E-state index contributed by atoms with van der Waals surface area (Å²) in [5.41, 5.74) is 8.48. The van der Waals surface area contributed by atoms with Crippen molar-refractivity contribution in [3.05, 3.63) is 103 Å². The van der Waals surface area contributed by atoms with Gasteiger partial charge in [0, 0.05) is 31.6 Å². The minimum Gasteiger partial charge on any atom is -0.512 e. The number of hydrogen-bond acceptors (Lipinski definition) is 5. The van der Waals surface area contributed by atoms with Gasteiger partial charge < -0.3 is 5.11 Å². The molecular weight excluding hydrogens is 687 g/mol. The van der Waals surface area contributed by atoms with E-state index in [1.165, 1.54) is 36.6 Å². The molecule has 1 aliphatic carbocycles. The van der Waals surface area contributed by atoms with E-state index < -0.39 is 9.84 Å². The van der Waals surface area contributed by atoms with Crippen molar-refractivity contribution in [1.29, 1.82) is 0 Å². The Balaban J connectivity index is 0.000000345. The van der Waals surface area contributed by atoms with Crippen LogP contribution in [0.2, 0.25) is 0 Å². The molecule has 0 atom stereocenters. The quantitative estimate of drug-likeness (QED) is 0.117. The van der Waals surface area contributed by atoms with E-state index in [0.29, 0.717) is 15.4 Å². The van der Waals surface area contributed by atoms with E-state index in [4.69, 9.17) is 10.1 Å². The van der Waals surface area contributed by atoms with Crippen molar-refractivity contribution in [3.63, 3.8) is 0 Å². The number of ketones is 1. The second-order valence-electron chi connectivity index (χ2n) is 9.29. The van der Waals surface area contributed by atoms with Crippen LogP contribution in [0.3, 0.4) is 0 Å². The van der Waals surface area contributed by atoms with E-state index in [0.717, 1.165) is 33.3 Å². The summed E-state index contributed by atoms with van der Waals surface area (Å²) in [4.78, 5) is 15.7. The Morgan fingerprint density at radius 3 is 2.13 bits per heavy atom. The van der Waals surface area contributed by atoms with Crippen molar-refractivity contribution in [2.24, 2.45) is 0 Å². The molecule has 0 unspecified atom stereocenters. The normalized spacial score (nSPS) is 13.4. The number of aliphatic hydroxyl groups is 1. The zero-order valence-corrected chi connectivity index (χ0v) is 24.2. The van der Waals surface area contributed by atoms with Crippen LogP contribution in [-0.4, -0.2) is 24.3 Å². The molecule has 5 aromatic rings. The molecule has 1 radical (unpaired) electrons. The third-order valence-corrected chi connectivity index (χ3v) is 8.56. The van der Waals surface area contributed by atoms with Gasteiger partial charge in [-0.2, -0.15) is 0 Å². The zero-order chi connectivity index (χ0) is 26.6. The predicted octanol–water partition coefficient (Wildman–Crippen LogP) is 7.20. The molecule has 2 heterocycles. The summed E-state index contributed by atoms with van der Waals surface area (Å²) < 4.78 is 26.3. The minimum absolute atomic E-state index is 0. The zero-order valence-electron chi connectivity index (χ0n) is 21.0. The standard InChI is InChI=1S/C27H14NO2S.C5H8O2.Ir/c29-31(30)24-13-4-3-9-20(24)27-19(11-6-14-25(27)31)23-15-21-17-8-2-1-7-16(17)18-10-5-12-22(28-23)26(18)21;1-4(6)3-5(2)7;/h1-10,12-15H;3,6H,1-2H3;/q-1;;. The van der Waals surface area contributed by atoms with Crippen LogP contribution in [0.5, 0.6) is 0 Å². The molecule has 0 spiro atoms. The van der Waals surface area contributed by atoms with Crippen LogP contribution >= 0.6 is 0 Å². The van der Waals surface area contributed by atoms with Crippen molar-refractivity contribution in [2.75, 3.05) is 0 Å². The summed E-state index contributed by atoms with van der Waals surface area (Å²) in [5.74, 6) is -0.0625. The topological polar surface area (TPSA) is 84.3 Å². The Morgan fingerprint density at radius 2 is 1.46 bits per heavy atom. The molecule has 39 heavy (non-hydrogen) atoms. The summed E-state index contributed by atoms with van der Waals surface area (Å²) in [7, 11) is -3.54. The van der Waals surface area contributed by atoms with Gasteiger partial charge in [-0.3, -0.25) is 9.78 Å². The molecular formula is C32H22IrNO4S-. The molecule has 0 bridgehead atoms. The largest absolute Gasteiger partial charge is 0.512 e. The second kappa shape index (κ2) is 10.0. The number of aromatic nitrogens is 1. The SMILES string of the molecule is CC(=O)C=C(C)O.O=S1(=O)c2ccccc2-c2c(-c3cc4c5c(cccc5n3)-c3ccccc3-4)[c-]ccc21.[Ir]. The number of nitrogens with zero attached hydrogens (tertiary/aromatic N) is 1. The minimum atomic E-state index is -3.54. The molecule has 195 valence electrons. The van der Waals surface area contributed by atoms with E-state index in [1.807, 2.05) is 30.3 Å². The van der Waals surface area contributed by atoms with Gasteiger partial charge >= 0.3 is 0 Å². The fourth-order valence-electron chi connectivity index (χ4n) is 5.30. The first-order valence-corrected chi connectivity index (χ1v) is 13.6. The molecule has 0 saturated heterocycles. The van der Waals surface area contributed by atoms with Crippen molar-refractivity contribution >= 4 is 26.5 Å². The maximum absolute atomic E-state index is 13.1. The number of carbonyl (C=O) groups is 1. The predicted molar refractivity (Wildman–Crippen MR) is 148 cm³/mol. The molecule has 1 N–H and O–H groups in total. The van der Waals surface area contributed by atoms with Gasteiger partial charge in [0.2, 0.25) is 0 Å². The Bertz CT molecular complexity index is 1940.